The van der Waals surface area contributed by atoms with Gasteiger partial charge in [0.2, 0.25) is 0 Å². The quantitative estimate of drug-likeness (QED) is 0.503. The van der Waals surface area contributed by atoms with E-state index < -0.39 is 15.7 Å². The smallest absolute Gasteiger partial charge is 0.297 e. The van der Waals surface area contributed by atoms with E-state index in [1.54, 1.807) is 25.1 Å². The third kappa shape index (κ3) is 4.31. The standard InChI is InChI=1S/C23H21ClO5S/c1-16-9-11-19(12-10-16)30(25,26)28-15-23(2)14-27-21-8-4-7-20(22(21)29-23)17-5-3-6-18(24)13-17/h3-13H,14-15H2,1-2H3/t23-/m1/s1. The molecule has 0 saturated carbocycles. The molecule has 7 heteroatoms. The molecule has 1 aliphatic rings. The van der Waals surface area contributed by atoms with E-state index in [2.05, 4.69) is 0 Å². The molecular weight excluding hydrogens is 424 g/mol. The molecule has 30 heavy (non-hydrogen) atoms. The minimum Gasteiger partial charge on any atom is -0.485 e. The average molecular weight is 445 g/mol. The lowest BCUT2D eigenvalue weighted by molar-refractivity contribution is -0.0244. The number of benzene rings is 3. The summed E-state index contributed by atoms with van der Waals surface area (Å²) in [5, 5.41) is 0.608. The summed E-state index contributed by atoms with van der Waals surface area (Å²) in [7, 11) is -3.91. The topological polar surface area (TPSA) is 61.8 Å². The van der Waals surface area contributed by atoms with Crippen LogP contribution in [0.4, 0.5) is 0 Å². The number of aryl methyl sites for hydroxylation is 1. The molecule has 0 spiro atoms. The maximum absolute atomic E-state index is 12.6. The highest BCUT2D eigenvalue weighted by molar-refractivity contribution is 7.86. The van der Waals surface area contributed by atoms with Crippen molar-refractivity contribution < 1.29 is 22.1 Å². The van der Waals surface area contributed by atoms with Gasteiger partial charge < -0.3 is 9.47 Å². The molecule has 3 aromatic rings. The van der Waals surface area contributed by atoms with Gasteiger partial charge in [-0.05, 0) is 49.7 Å². The summed E-state index contributed by atoms with van der Waals surface area (Å²) >= 11 is 6.14. The van der Waals surface area contributed by atoms with Crippen LogP contribution in [0.5, 0.6) is 11.5 Å². The summed E-state index contributed by atoms with van der Waals surface area (Å²) in [4.78, 5) is 0.105. The Morgan fingerprint density at radius 2 is 1.80 bits per heavy atom. The first kappa shape index (κ1) is 20.7. The van der Waals surface area contributed by atoms with Crippen LogP contribution in [-0.4, -0.2) is 27.2 Å². The van der Waals surface area contributed by atoms with Crippen LogP contribution in [-0.2, 0) is 14.3 Å². The number of hydrogen-bond acceptors (Lipinski definition) is 5. The van der Waals surface area contributed by atoms with Crippen LogP contribution in [0.2, 0.25) is 5.02 Å². The van der Waals surface area contributed by atoms with Gasteiger partial charge >= 0.3 is 0 Å². The summed E-state index contributed by atoms with van der Waals surface area (Å²) in [5.41, 5.74) is 1.66. The highest BCUT2D eigenvalue weighted by atomic mass is 35.5. The summed E-state index contributed by atoms with van der Waals surface area (Å²) < 4.78 is 42.6. The summed E-state index contributed by atoms with van der Waals surface area (Å²) in [6, 6.07) is 19.5. The van der Waals surface area contributed by atoms with Crippen LogP contribution in [0.3, 0.4) is 0 Å². The molecule has 1 heterocycles. The van der Waals surface area contributed by atoms with E-state index in [4.69, 9.17) is 25.3 Å². The second-order valence-electron chi connectivity index (χ2n) is 7.51. The van der Waals surface area contributed by atoms with Crippen LogP contribution < -0.4 is 9.47 Å². The molecule has 1 atom stereocenters. The Morgan fingerprint density at radius 3 is 2.53 bits per heavy atom. The van der Waals surface area contributed by atoms with Crippen molar-refractivity contribution in [1.29, 1.82) is 0 Å². The van der Waals surface area contributed by atoms with E-state index >= 15 is 0 Å². The van der Waals surface area contributed by atoms with E-state index in [9.17, 15) is 8.42 Å². The fourth-order valence-corrected chi connectivity index (χ4v) is 4.37. The summed E-state index contributed by atoms with van der Waals surface area (Å²) in [6.07, 6.45) is 0. The number of ether oxygens (including phenoxy) is 2. The van der Waals surface area contributed by atoms with Crippen molar-refractivity contribution >= 4 is 21.7 Å². The molecule has 0 fully saturated rings. The van der Waals surface area contributed by atoms with Gasteiger partial charge in [-0.15, -0.1) is 0 Å². The highest BCUT2D eigenvalue weighted by Gasteiger charge is 2.37. The zero-order valence-corrected chi connectivity index (χ0v) is 18.2. The second kappa shape index (κ2) is 7.95. The molecule has 0 radical (unpaired) electrons. The van der Waals surface area contributed by atoms with Gasteiger partial charge in [0.05, 0.1) is 4.90 Å². The fourth-order valence-electron chi connectivity index (χ4n) is 3.17. The molecule has 4 rings (SSSR count). The molecule has 0 aromatic heterocycles. The van der Waals surface area contributed by atoms with Crippen molar-refractivity contribution in [3.63, 3.8) is 0 Å². The predicted molar refractivity (Wildman–Crippen MR) is 116 cm³/mol. The molecule has 0 saturated heterocycles. The SMILES string of the molecule is Cc1ccc(S(=O)(=O)OC[C@@]2(C)COc3cccc(-c4cccc(Cl)c4)c3O2)cc1. The van der Waals surface area contributed by atoms with Crippen molar-refractivity contribution in [3.05, 3.63) is 77.3 Å². The Labute approximate surface area is 181 Å². The third-order valence-electron chi connectivity index (χ3n) is 4.83. The minimum atomic E-state index is -3.91. The molecule has 0 unspecified atom stereocenters. The Hall–Kier alpha value is -2.54. The van der Waals surface area contributed by atoms with Gasteiger partial charge in [-0.1, -0.05) is 53.6 Å². The maximum Gasteiger partial charge on any atom is 0.297 e. The Bertz CT molecular complexity index is 1170. The average Bonchev–Trinajstić information content (AvgIpc) is 2.72. The van der Waals surface area contributed by atoms with E-state index in [0.717, 1.165) is 16.7 Å². The van der Waals surface area contributed by atoms with Gasteiger partial charge in [0.1, 0.15) is 13.2 Å². The van der Waals surface area contributed by atoms with E-state index in [1.807, 2.05) is 43.3 Å². The van der Waals surface area contributed by atoms with Gasteiger partial charge in [0.15, 0.2) is 17.1 Å². The molecular formula is C23H21ClO5S. The summed E-state index contributed by atoms with van der Waals surface area (Å²) in [6.45, 7) is 3.62. The second-order valence-corrected chi connectivity index (χ2v) is 9.56. The largest absolute Gasteiger partial charge is 0.485 e. The van der Waals surface area contributed by atoms with Gasteiger partial charge in [-0.25, -0.2) is 0 Å². The molecule has 0 bridgehead atoms. The first-order valence-electron chi connectivity index (χ1n) is 9.43. The van der Waals surface area contributed by atoms with Crippen molar-refractivity contribution in [1.82, 2.24) is 0 Å². The zero-order valence-electron chi connectivity index (χ0n) is 16.6. The molecule has 156 valence electrons. The van der Waals surface area contributed by atoms with E-state index in [1.165, 1.54) is 12.1 Å². The van der Waals surface area contributed by atoms with E-state index in [0.29, 0.717) is 16.5 Å². The number of rotatable bonds is 5. The molecule has 0 aliphatic carbocycles. The minimum absolute atomic E-state index is 0.105. The molecule has 3 aromatic carbocycles. The summed E-state index contributed by atoms with van der Waals surface area (Å²) in [5.74, 6) is 1.12. The van der Waals surface area contributed by atoms with Crippen molar-refractivity contribution in [2.24, 2.45) is 0 Å². The number of fused-ring (bicyclic) bond motifs is 1. The van der Waals surface area contributed by atoms with Gasteiger partial charge in [0.25, 0.3) is 10.1 Å². The highest BCUT2D eigenvalue weighted by Crippen LogP contribution is 2.43. The van der Waals surface area contributed by atoms with Gasteiger partial charge in [0, 0.05) is 10.6 Å². The zero-order chi connectivity index (χ0) is 21.4. The maximum atomic E-state index is 12.6. The molecule has 0 N–H and O–H groups in total. The fraction of sp³-hybridized carbons (Fsp3) is 0.217. The van der Waals surface area contributed by atoms with Crippen molar-refractivity contribution in [2.75, 3.05) is 13.2 Å². The lowest BCUT2D eigenvalue weighted by Gasteiger charge is -2.36. The van der Waals surface area contributed by atoms with Crippen molar-refractivity contribution in [3.8, 4) is 22.6 Å². The van der Waals surface area contributed by atoms with Crippen LogP contribution in [0.25, 0.3) is 11.1 Å². The lowest BCUT2D eigenvalue weighted by atomic mass is 10.0. The van der Waals surface area contributed by atoms with Crippen LogP contribution in [0.15, 0.2) is 71.6 Å². The van der Waals surface area contributed by atoms with E-state index in [-0.39, 0.29) is 18.1 Å². The number of halogens is 1. The Kier molecular flexibility index (Phi) is 5.49. The first-order chi connectivity index (χ1) is 14.3. The molecule has 0 amide bonds. The van der Waals surface area contributed by atoms with Gasteiger partial charge in [-0.3, -0.25) is 4.18 Å². The third-order valence-corrected chi connectivity index (χ3v) is 6.34. The molecule has 1 aliphatic heterocycles. The van der Waals surface area contributed by atoms with Crippen LogP contribution in [0.1, 0.15) is 12.5 Å². The Morgan fingerprint density at radius 1 is 1.07 bits per heavy atom. The van der Waals surface area contributed by atoms with Gasteiger partial charge in [-0.2, -0.15) is 8.42 Å². The van der Waals surface area contributed by atoms with Crippen LogP contribution >= 0.6 is 11.6 Å². The number of para-hydroxylation sites is 1. The lowest BCUT2D eigenvalue weighted by Crippen LogP contribution is -2.46. The predicted octanol–water partition coefficient (Wildman–Crippen LogP) is 5.25. The molecule has 5 nitrogen and oxygen atoms in total. The Balaban J connectivity index is 1.58. The van der Waals surface area contributed by atoms with Crippen LogP contribution in [0, 0.1) is 6.92 Å². The first-order valence-corrected chi connectivity index (χ1v) is 11.2. The normalized spacial score (nSPS) is 18.2. The van der Waals surface area contributed by atoms with Crippen molar-refractivity contribution in [2.45, 2.75) is 24.3 Å². The monoisotopic (exact) mass is 444 g/mol. The number of hydrogen-bond donors (Lipinski definition) is 0.